The number of oxazole rings is 1. The predicted molar refractivity (Wildman–Crippen MR) is 120 cm³/mol. The maximum absolute atomic E-state index is 13.0. The number of aromatic nitrogens is 1. The normalized spacial score (nSPS) is 11.3. The highest BCUT2D eigenvalue weighted by molar-refractivity contribution is 7.92. The van der Waals surface area contributed by atoms with Crippen LogP contribution in [0, 0.1) is 0 Å². The van der Waals surface area contributed by atoms with Crippen molar-refractivity contribution < 1.29 is 22.4 Å². The second-order valence-electron chi connectivity index (χ2n) is 6.89. The summed E-state index contributed by atoms with van der Waals surface area (Å²) in [4.78, 5) is 24.4. The zero-order valence-corrected chi connectivity index (χ0v) is 18.0. The van der Waals surface area contributed by atoms with Crippen molar-refractivity contribution in [3.05, 3.63) is 82.8 Å². The maximum Gasteiger partial charge on any atom is 0.419 e. The van der Waals surface area contributed by atoms with E-state index in [2.05, 4.69) is 10.0 Å². The minimum Gasteiger partial charge on any atom is -0.497 e. The number of carbonyl (C=O) groups excluding carboxylic acids is 1. The Bertz CT molecular complexity index is 1470. The fourth-order valence-corrected chi connectivity index (χ4v) is 4.22. The molecule has 0 aliphatic rings. The van der Waals surface area contributed by atoms with Crippen LogP contribution in [0.1, 0.15) is 10.4 Å². The van der Waals surface area contributed by atoms with Crippen LogP contribution in [0.4, 0.5) is 11.4 Å². The fourth-order valence-electron chi connectivity index (χ4n) is 3.13. The maximum atomic E-state index is 13.0. The number of sulfonamides is 1. The largest absolute Gasteiger partial charge is 0.497 e. The van der Waals surface area contributed by atoms with Gasteiger partial charge in [0.05, 0.1) is 28.8 Å². The number of anilines is 2. The minimum absolute atomic E-state index is 0.105. The van der Waals surface area contributed by atoms with Crippen molar-refractivity contribution in [1.82, 2.24) is 4.57 Å². The van der Waals surface area contributed by atoms with Crippen molar-refractivity contribution >= 4 is 38.4 Å². The second-order valence-corrected chi connectivity index (χ2v) is 8.57. The molecule has 0 atom stereocenters. The van der Waals surface area contributed by atoms with E-state index in [1.54, 1.807) is 43.5 Å². The first-order valence-corrected chi connectivity index (χ1v) is 10.9. The van der Waals surface area contributed by atoms with E-state index >= 15 is 0 Å². The van der Waals surface area contributed by atoms with Crippen LogP contribution >= 0.6 is 0 Å². The summed E-state index contributed by atoms with van der Waals surface area (Å²) in [6.07, 6.45) is 0. The first kappa shape index (κ1) is 21.2. The summed E-state index contributed by atoms with van der Waals surface area (Å²) >= 11 is 0. The Morgan fingerprint density at radius 2 is 1.75 bits per heavy atom. The first-order chi connectivity index (χ1) is 15.3. The molecule has 1 heterocycles. The van der Waals surface area contributed by atoms with E-state index in [0.29, 0.717) is 17.0 Å². The van der Waals surface area contributed by atoms with E-state index in [1.807, 2.05) is 0 Å². The summed E-state index contributed by atoms with van der Waals surface area (Å²) in [6.45, 7) is 0. The molecule has 1 aromatic heterocycles. The number of nitrogens with zero attached hydrogens (tertiary/aromatic N) is 1. The molecule has 9 nitrogen and oxygen atoms in total. The van der Waals surface area contributed by atoms with Crippen molar-refractivity contribution in [3.8, 4) is 5.75 Å². The number of ether oxygens (including phenoxy) is 1. The molecule has 0 aliphatic heterocycles. The van der Waals surface area contributed by atoms with Gasteiger partial charge in [-0.1, -0.05) is 12.1 Å². The molecule has 4 aromatic rings. The molecule has 4 rings (SSSR count). The van der Waals surface area contributed by atoms with E-state index in [0.717, 1.165) is 0 Å². The van der Waals surface area contributed by atoms with E-state index in [-0.39, 0.29) is 21.7 Å². The summed E-state index contributed by atoms with van der Waals surface area (Å²) in [7, 11) is -0.997. The lowest BCUT2D eigenvalue weighted by Gasteiger charge is -2.13. The molecule has 0 saturated heterocycles. The van der Waals surface area contributed by atoms with E-state index in [9.17, 15) is 18.0 Å². The number of fused-ring (bicyclic) bond motifs is 1. The molecule has 2 N–H and O–H groups in total. The molecule has 10 heteroatoms. The van der Waals surface area contributed by atoms with Crippen LogP contribution in [-0.2, 0) is 17.1 Å². The number of amides is 1. The lowest BCUT2D eigenvalue weighted by Crippen LogP contribution is -2.18. The van der Waals surface area contributed by atoms with Gasteiger partial charge in [-0.05, 0) is 48.5 Å². The number of carbonyl (C=O) groups is 1. The van der Waals surface area contributed by atoms with Gasteiger partial charge in [-0.25, -0.2) is 13.2 Å². The molecule has 0 bridgehead atoms. The van der Waals surface area contributed by atoms with Crippen molar-refractivity contribution in [2.45, 2.75) is 4.90 Å². The zero-order chi connectivity index (χ0) is 22.9. The van der Waals surface area contributed by atoms with Crippen molar-refractivity contribution in [3.63, 3.8) is 0 Å². The SMILES string of the molecule is COc1ccc(NC(=O)c2ccccc2NS(=O)(=O)c2ccc3c(c2)oc(=O)n3C)cc1. The Morgan fingerprint density at radius 1 is 1.03 bits per heavy atom. The summed E-state index contributed by atoms with van der Waals surface area (Å²) < 4.78 is 39.8. The minimum atomic E-state index is -4.06. The molecule has 0 unspecified atom stereocenters. The van der Waals surface area contributed by atoms with Crippen LogP contribution in [0.15, 0.2) is 80.8 Å². The number of para-hydroxylation sites is 1. The molecular formula is C22H19N3O6S. The molecular weight excluding hydrogens is 434 g/mol. The summed E-state index contributed by atoms with van der Waals surface area (Å²) in [5.74, 6) is -0.441. The van der Waals surface area contributed by atoms with Crippen LogP contribution < -0.4 is 20.5 Å². The Balaban J connectivity index is 1.61. The van der Waals surface area contributed by atoms with Crippen molar-refractivity contribution in [2.24, 2.45) is 7.05 Å². The van der Waals surface area contributed by atoms with Gasteiger partial charge >= 0.3 is 5.76 Å². The van der Waals surface area contributed by atoms with Crippen LogP contribution in [0.5, 0.6) is 5.75 Å². The molecule has 3 aromatic carbocycles. The van der Waals surface area contributed by atoms with E-state index in [1.165, 1.54) is 41.9 Å². The molecule has 0 aliphatic carbocycles. The highest BCUT2D eigenvalue weighted by Crippen LogP contribution is 2.24. The highest BCUT2D eigenvalue weighted by Gasteiger charge is 2.20. The third-order valence-corrected chi connectivity index (χ3v) is 6.20. The van der Waals surface area contributed by atoms with Crippen LogP contribution in [0.25, 0.3) is 11.1 Å². The Labute approximate surface area is 183 Å². The molecule has 0 saturated carbocycles. The van der Waals surface area contributed by atoms with E-state index < -0.39 is 21.7 Å². The monoisotopic (exact) mass is 453 g/mol. The van der Waals surface area contributed by atoms with Gasteiger partial charge in [-0.2, -0.15) is 0 Å². The third-order valence-electron chi connectivity index (χ3n) is 4.84. The average molecular weight is 453 g/mol. The van der Waals surface area contributed by atoms with E-state index in [4.69, 9.17) is 9.15 Å². The van der Waals surface area contributed by atoms with Gasteiger partial charge in [0.15, 0.2) is 5.58 Å². The van der Waals surface area contributed by atoms with Gasteiger partial charge < -0.3 is 14.5 Å². The van der Waals surface area contributed by atoms with Crippen molar-refractivity contribution in [2.75, 3.05) is 17.1 Å². The Kier molecular flexibility index (Phi) is 5.45. The van der Waals surface area contributed by atoms with Gasteiger partial charge in [0.1, 0.15) is 5.75 Å². The van der Waals surface area contributed by atoms with Gasteiger partial charge in [-0.3, -0.25) is 14.1 Å². The molecule has 0 fully saturated rings. The predicted octanol–water partition coefficient (Wildman–Crippen LogP) is 3.19. The third kappa shape index (κ3) is 4.08. The molecule has 32 heavy (non-hydrogen) atoms. The first-order valence-electron chi connectivity index (χ1n) is 9.45. The lowest BCUT2D eigenvalue weighted by molar-refractivity contribution is 0.102. The van der Waals surface area contributed by atoms with Crippen LogP contribution in [0.3, 0.4) is 0 Å². The van der Waals surface area contributed by atoms with Gasteiger partial charge in [0, 0.05) is 18.8 Å². The smallest absolute Gasteiger partial charge is 0.419 e. The lowest BCUT2D eigenvalue weighted by atomic mass is 10.1. The summed E-state index contributed by atoms with van der Waals surface area (Å²) in [5.41, 5.74) is 1.38. The number of aryl methyl sites for hydroxylation is 1. The standard InChI is InChI=1S/C22H19N3O6S/c1-25-19-12-11-16(13-20(19)31-22(25)27)32(28,29)24-18-6-4-3-5-17(18)21(26)23-14-7-9-15(30-2)10-8-14/h3-13,24H,1-2H3,(H,23,26). The topological polar surface area (TPSA) is 120 Å². The number of hydrogen-bond acceptors (Lipinski definition) is 6. The Hall–Kier alpha value is -4.05. The number of nitrogens with one attached hydrogen (secondary N) is 2. The molecule has 0 radical (unpaired) electrons. The highest BCUT2D eigenvalue weighted by atomic mass is 32.2. The fraction of sp³-hybridized carbons (Fsp3) is 0.0909. The number of benzene rings is 3. The summed E-state index contributed by atoms with van der Waals surface area (Å²) in [5, 5.41) is 2.73. The summed E-state index contributed by atoms with van der Waals surface area (Å²) in [6, 6.07) is 17.1. The van der Waals surface area contributed by atoms with Crippen molar-refractivity contribution in [1.29, 1.82) is 0 Å². The van der Waals surface area contributed by atoms with Gasteiger partial charge in [0.2, 0.25) is 0 Å². The molecule has 164 valence electrons. The quantitative estimate of drug-likeness (QED) is 0.463. The second kappa shape index (κ2) is 8.23. The Morgan fingerprint density at radius 3 is 2.47 bits per heavy atom. The number of hydrogen-bond donors (Lipinski definition) is 2. The number of rotatable bonds is 6. The molecule has 0 spiro atoms. The van der Waals surface area contributed by atoms with Gasteiger partial charge in [-0.15, -0.1) is 0 Å². The zero-order valence-electron chi connectivity index (χ0n) is 17.2. The average Bonchev–Trinajstić information content (AvgIpc) is 3.07. The van der Waals surface area contributed by atoms with Gasteiger partial charge in [0.25, 0.3) is 15.9 Å². The van der Waals surface area contributed by atoms with Crippen LogP contribution in [0.2, 0.25) is 0 Å². The molecule has 1 amide bonds. The van der Waals surface area contributed by atoms with Crippen LogP contribution in [-0.4, -0.2) is 26.0 Å². The number of methoxy groups -OCH3 is 1.